The van der Waals surface area contributed by atoms with Crippen molar-refractivity contribution in [3.63, 3.8) is 0 Å². The summed E-state index contributed by atoms with van der Waals surface area (Å²) in [6.45, 7) is 0. The van der Waals surface area contributed by atoms with Crippen molar-refractivity contribution in [3.8, 4) is 0 Å². The molecule has 0 aliphatic carbocycles. The maximum Gasteiger partial charge on any atom is 0 e. The third-order valence-electron chi connectivity index (χ3n) is 0. The fraction of sp³-hybridized carbons (Fsp3) is 0. The van der Waals surface area contributed by atoms with Crippen LogP contribution in [0.2, 0.25) is 0 Å². The van der Waals surface area contributed by atoms with Gasteiger partial charge in [-0.1, -0.05) is 0 Å². The summed E-state index contributed by atoms with van der Waals surface area (Å²) >= 11 is 0.750. The van der Waals surface area contributed by atoms with Gasteiger partial charge < -0.3 is 0 Å². The van der Waals surface area contributed by atoms with Crippen LogP contribution in [0, 0.1) is 0 Å². The topological polar surface area (TPSA) is 17.1 Å². The Kier molecular flexibility index (Phi) is 144. The predicted octanol–water partition coefficient (Wildman–Crippen LogP) is -1.31. The molecule has 5 heteroatoms. The summed E-state index contributed by atoms with van der Waals surface area (Å²) in [6, 6.07) is 0. The minimum atomic E-state index is 0. The van der Waals surface area contributed by atoms with Crippen LogP contribution in [0.4, 0.5) is 0 Å². The summed E-state index contributed by atoms with van der Waals surface area (Å²) in [7, 11) is 0. The van der Waals surface area contributed by atoms with E-state index in [4.69, 9.17) is 3.32 Å². The quantitative estimate of drug-likeness (QED) is 0.454. The molecule has 0 bridgehead atoms. The number of hydrogen-bond acceptors (Lipinski definition) is 1. The van der Waals surface area contributed by atoms with Crippen LogP contribution < -0.4 is 0 Å². The third-order valence-corrected chi connectivity index (χ3v) is 0. The molecular formula is H3InOTaTi2. The van der Waals surface area contributed by atoms with E-state index in [1.807, 2.05) is 0 Å². The zero-order valence-electron chi connectivity index (χ0n) is 1.86. The van der Waals surface area contributed by atoms with Gasteiger partial charge in [-0.3, -0.25) is 0 Å². The minimum Gasteiger partial charge on any atom is 0 e. The van der Waals surface area contributed by atoms with Crippen LogP contribution in [0.3, 0.4) is 0 Å². The van der Waals surface area contributed by atoms with Gasteiger partial charge in [0.1, 0.15) is 0 Å². The molecule has 0 aromatic rings. The van der Waals surface area contributed by atoms with Gasteiger partial charge in [-0.15, -0.1) is 0 Å². The molecule has 1 radical (unpaired) electrons. The van der Waals surface area contributed by atoms with Crippen molar-refractivity contribution in [2.24, 2.45) is 0 Å². The van der Waals surface area contributed by atoms with Gasteiger partial charge in [-0.05, 0) is 0 Å². The summed E-state index contributed by atoms with van der Waals surface area (Å²) in [5, 5.41) is 0. The van der Waals surface area contributed by atoms with Crippen molar-refractivity contribution in [1.82, 2.24) is 0 Å². The Balaban J connectivity index is -0.00000000167. The summed E-state index contributed by atoms with van der Waals surface area (Å²) in [5.41, 5.74) is 0. The zero-order chi connectivity index (χ0) is 2.00. The van der Waals surface area contributed by atoms with Gasteiger partial charge in [-0.25, -0.2) is 0 Å². The molecule has 0 saturated heterocycles. The molecule has 0 unspecified atom stereocenters. The van der Waals surface area contributed by atoms with E-state index in [-0.39, 0.29) is 69.9 Å². The molecule has 0 amide bonds. The van der Waals surface area contributed by atoms with E-state index >= 15 is 0 Å². The fourth-order valence-corrected chi connectivity index (χ4v) is 0. The smallest absolute Gasteiger partial charge is 0 e. The average Bonchev–Trinajstić information content (AvgIpc) is 1.00. The molecule has 0 spiro atoms. The van der Waals surface area contributed by atoms with Crippen LogP contribution in [0.1, 0.15) is 0 Å². The third kappa shape index (κ3) is 19.9. The Morgan fingerprint density at radius 1 is 1.20 bits per heavy atom. The van der Waals surface area contributed by atoms with Crippen molar-refractivity contribution in [2.45, 2.75) is 0 Å². The van der Waals surface area contributed by atoms with Crippen molar-refractivity contribution in [2.75, 3.05) is 0 Å². The Morgan fingerprint density at radius 2 is 1.20 bits per heavy atom. The van der Waals surface area contributed by atoms with Gasteiger partial charge in [0.25, 0.3) is 0 Å². The van der Waals surface area contributed by atoms with E-state index in [0.29, 0.717) is 0 Å². The van der Waals surface area contributed by atoms with Gasteiger partial charge >= 0.3 is 49.6 Å². The minimum absolute atomic E-state index is 0. The molecule has 0 aliphatic rings. The van der Waals surface area contributed by atoms with E-state index in [1.165, 1.54) is 0 Å². The van der Waals surface area contributed by atoms with Gasteiger partial charge in [0.15, 0.2) is 0 Å². The zero-order valence-corrected chi connectivity index (χ0v) is 8.19. The van der Waals surface area contributed by atoms with E-state index in [0.717, 1.165) is 20.4 Å². The Hall–Kier alpha value is 2.84. The van der Waals surface area contributed by atoms with Gasteiger partial charge in [-0.2, -0.15) is 0 Å². The average molecular weight is 411 g/mol. The molecule has 0 aliphatic heterocycles. The first-order chi connectivity index (χ1) is 1.00. The van der Waals surface area contributed by atoms with Crippen LogP contribution in [0.5, 0.6) is 0 Å². The van der Waals surface area contributed by atoms with Crippen LogP contribution in [-0.2, 0) is 67.8 Å². The standard InChI is InChI=1S/In.O.Ta.2Ti.3H. The second kappa shape index (κ2) is 28.9. The summed E-state index contributed by atoms with van der Waals surface area (Å²) in [5.74, 6) is 0. The molecule has 0 heterocycles. The summed E-state index contributed by atoms with van der Waals surface area (Å²) in [6.07, 6.45) is 0. The van der Waals surface area contributed by atoms with Crippen LogP contribution >= 0.6 is 0 Å². The van der Waals surface area contributed by atoms with Crippen molar-refractivity contribution >= 4 is 25.8 Å². The molecule has 0 atom stereocenters. The second-order valence-corrected chi connectivity index (χ2v) is 0. The molecule has 0 saturated carbocycles. The summed E-state index contributed by atoms with van der Waals surface area (Å²) in [4.78, 5) is 0. The Bertz CT molecular complexity index is 9.61. The molecular weight excluding hydrogens is 407 g/mol. The van der Waals surface area contributed by atoms with Crippen LogP contribution in [-0.4, -0.2) is 25.8 Å². The molecule has 0 aromatic carbocycles. The summed E-state index contributed by atoms with van der Waals surface area (Å²) < 4.78 is 8.25. The Morgan fingerprint density at radius 3 is 1.20 bits per heavy atom. The first-order valence-corrected chi connectivity index (χ1v) is 0.842. The number of hydrogen-bond donors (Lipinski definition) is 0. The maximum atomic E-state index is 8.25. The molecule has 1 nitrogen and oxygen atoms in total. The monoisotopic (exact) mass is 411 g/mol. The van der Waals surface area contributed by atoms with Crippen molar-refractivity contribution in [3.05, 3.63) is 0 Å². The fourth-order valence-electron chi connectivity index (χ4n) is 0. The molecule has 0 N–H and O–H groups in total. The normalized spacial score (nSPS) is 0.600. The van der Waals surface area contributed by atoms with E-state index in [2.05, 4.69) is 0 Å². The van der Waals surface area contributed by atoms with Gasteiger partial charge in [0.05, 0.1) is 0 Å². The largest absolute Gasteiger partial charge is 0 e. The number of rotatable bonds is 0. The van der Waals surface area contributed by atoms with Crippen molar-refractivity contribution < 1.29 is 67.8 Å². The van der Waals surface area contributed by atoms with Crippen LogP contribution in [0.15, 0.2) is 0 Å². The maximum absolute atomic E-state index is 8.25. The van der Waals surface area contributed by atoms with E-state index in [9.17, 15) is 0 Å². The molecule has 5 heavy (non-hydrogen) atoms. The van der Waals surface area contributed by atoms with Gasteiger partial charge in [0.2, 0.25) is 0 Å². The van der Waals surface area contributed by atoms with E-state index < -0.39 is 0 Å². The van der Waals surface area contributed by atoms with E-state index in [1.54, 1.807) is 0 Å². The molecule has 0 aromatic heterocycles. The molecule has 25 valence electrons. The van der Waals surface area contributed by atoms with Gasteiger partial charge in [0, 0.05) is 44.1 Å². The first kappa shape index (κ1) is 24.9. The van der Waals surface area contributed by atoms with Crippen LogP contribution in [0.25, 0.3) is 0 Å². The Labute approximate surface area is 91.9 Å². The SMILES string of the molecule is [InH3].[O]=[Ti].[Ta].[Ti]. The molecule has 0 rings (SSSR count). The first-order valence-electron chi connectivity index (χ1n) is 0.204. The van der Waals surface area contributed by atoms with Crippen molar-refractivity contribution in [1.29, 1.82) is 0 Å². The second-order valence-electron chi connectivity index (χ2n) is 0. The molecule has 0 fully saturated rings. The predicted molar refractivity (Wildman–Crippen MR) is 10.6 cm³/mol.